The summed E-state index contributed by atoms with van der Waals surface area (Å²) in [5.41, 5.74) is -1.44. The second kappa shape index (κ2) is 5.48. The van der Waals surface area contributed by atoms with Gasteiger partial charge < -0.3 is 14.4 Å². The van der Waals surface area contributed by atoms with Crippen LogP contribution >= 0.6 is 0 Å². The first-order chi connectivity index (χ1) is 10.0. The number of carboxylic acid groups (broad SMARTS) is 1. The third-order valence-corrected chi connectivity index (χ3v) is 4.02. The highest BCUT2D eigenvalue weighted by molar-refractivity contribution is 6.62. The van der Waals surface area contributed by atoms with Gasteiger partial charge in [0.25, 0.3) is 0 Å². The molecule has 22 heavy (non-hydrogen) atoms. The van der Waals surface area contributed by atoms with Gasteiger partial charge in [-0.1, -0.05) is 0 Å². The van der Waals surface area contributed by atoms with Crippen molar-refractivity contribution in [1.82, 2.24) is 0 Å². The number of carbonyl (C=O) groups is 1. The Labute approximate surface area is 127 Å². The van der Waals surface area contributed by atoms with E-state index in [0.717, 1.165) is 18.2 Å². The minimum absolute atomic E-state index is 0.209. The van der Waals surface area contributed by atoms with E-state index in [-0.39, 0.29) is 5.46 Å². The second-order valence-corrected chi connectivity index (χ2v) is 6.16. The molecule has 1 aromatic carbocycles. The molecule has 0 aliphatic carbocycles. The molecule has 0 atom stereocenters. The zero-order valence-corrected chi connectivity index (χ0v) is 12.8. The van der Waals surface area contributed by atoms with Gasteiger partial charge in [0.05, 0.1) is 11.2 Å². The number of rotatable bonds is 3. The number of carboxylic acids is 1. The first-order valence-corrected chi connectivity index (χ1v) is 6.79. The largest absolute Gasteiger partial charge is 0.495 e. The monoisotopic (exact) mass is 310 g/mol. The summed E-state index contributed by atoms with van der Waals surface area (Å²) in [6.45, 7) is 7.35. The van der Waals surface area contributed by atoms with E-state index in [1.54, 1.807) is 0 Å². The van der Waals surface area contributed by atoms with Crippen molar-refractivity contribution in [2.75, 3.05) is 0 Å². The molecule has 118 valence electrons. The number of halogens is 2. The molecule has 1 aromatic rings. The molecule has 1 aliphatic heterocycles. The Morgan fingerprint density at radius 1 is 1.14 bits per heavy atom. The molecular weight excluding hydrogens is 293 g/mol. The molecule has 0 amide bonds. The van der Waals surface area contributed by atoms with Crippen molar-refractivity contribution in [3.05, 3.63) is 35.4 Å². The summed E-state index contributed by atoms with van der Waals surface area (Å²) in [5.74, 6) is -3.03. The topological polar surface area (TPSA) is 55.8 Å². The van der Waals surface area contributed by atoms with Crippen LogP contribution in [-0.2, 0) is 14.1 Å². The minimum atomic E-state index is -1.28. The highest BCUT2D eigenvalue weighted by atomic mass is 19.1. The van der Waals surface area contributed by atoms with E-state index in [9.17, 15) is 13.6 Å². The van der Waals surface area contributed by atoms with Crippen molar-refractivity contribution < 1.29 is 28.0 Å². The summed E-state index contributed by atoms with van der Waals surface area (Å²) in [7, 11) is -0.883. The van der Waals surface area contributed by atoms with Gasteiger partial charge in [0, 0.05) is 11.6 Å². The first-order valence-electron chi connectivity index (χ1n) is 6.79. The van der Waals surface area contributed by atoms with E-state index in [2.05, 4.69) is 0 Å². The van der Waals surface area contributed by atoms with Crippen LogP contribution in [0.15, 0.2) is 18.2 Å². The van der Waals surface area contributed by atoms with Gasteiger partial charge in [0.15, 0.2) is 0 Å². The molecule has 0 aromatic heterocycles. The summed E-state index contributed by atoms with van der Waals surface area (Å²) < 4.78 is 39.5. The second-order valence-electron chi connectivity index (χ2n) is 6.16. The Balaban J connectivity index is 2.34. The van der Waals surface area contributed by atoms with E-state index >= 15 is 0 Å². The predicted octanol–water partition coefficient (Wildman–Crippen LogP) is 2.36. The summed E-state index contributed by atoms with van der Waals surface area (Å²) in [4.78, 5) is 10.4. The van der Waals surface area contributed by atoms with E-state index in [1.807, 2.05) is 27.7 Å². The summed E-state index contributed by atoms with van der Waals surface area (Å²) in [6.07, 6.45) is 1.55. The van der Waals surface area contributed by atoms with Crippen LogP contribution < -0.4 is 5.46 Å². The molecule has 0 radical (unpaired) electrons. The maximum atomic E-state index is 14.0. The quantitative estimate of drug-likeness (QED) is 0.688. The Morgan fingerprint density at radius 3 is 2.00 bits per heavy atom. The molecule has 1 aliphatic rings. The van der Waals surface area contributed by atoms with Crippen molar-refractivity contribution in [2.45, 2.75) is 38.9 Å². The average molecular weight is 310 g/mol. The van der Waals surface area contributed by atoms with Crippen LogP contribution in [0.25, 0.3) is 6.08 Å². The third-order valence-electron chi connectivity index (χ3n) is 4.02. The SMILES string of the molecule is CC1(C)OB(c2cc(F)c(C=CC(=O)O)c(F)c2)OC1(C)C. The fraction of sp³-hybridized carbons (Fsp3) is 0.400. The minimum Gasteiger partial charge on any atom is -0.478 e. The zero-order chi connectivity index (χ0) is 16.7. The smallest absolute Gasteiger partial charge is 0.478 e. The van der Waals surface area contributed by atoms with Crippen LogP contribution in [0.1, 0.15) is 33.3 Å². The average Bonchev–Trinajstić information content (AvgIpc) is 2.57. The summed E-state index contributed by atoms with van der Waals surface area (Å²) in [6, 6.07) is 2.18. The lowest BCUT2D eigenvalue weighted by Gasteiger charge is -2.32. The maximum absolute atomic E-state index is 14.0. The molecule has 2 rings (SSSR count). The summed E-state index contributed by atoms with van der Waals surface area (Å²) >= 11 is 0. The van der Waals surface area contributed by atoms with Crippen molar-refractivity contribution in [3.63, 3.8) is 0 Å². The molecule has 0 unspecified atom stereocenters. The lowest BCUT2D eigenvalue weighted by atomic mass is 9.78. The molecule has 1 fully saturated rings. The molecule has 0 bridgehead atoms. The predicted molar refractivity (Wildman–Crippen MR) is 78.7 cm³/mol. The Bertz CT molecular complexity index is 601. The van der Waals surface area contributed by atoms with Crippen LogP contribution in [0.5, 0.6) is 0 Å². The molecule has 0 spiro atoms. The fourth-order valence-corrected chi connectivity index (χ4v) is 2.03. The van der Waals surface area contributed by atoms with E-state index in [4.69, 9.17) is 14.4 Å². The highest BCUT2D eigenvalue weighted by Gasteiger charge is 2.51. The highest BCUT2D eigenvalue weighted by Crippen LogP contribution is 2.36. The molecule has 7 heteroatoms. The fourth-order valence-electron chi connectivity index (χ4n) is 2.03. The van der Waals surface area contributed by atoms with Crippen molar-refractivity contribution in [1.29, 1.82) is 0 Å². The Morgan fingerprint density at radius 2 is 1.59 bits per heavy atom. The number of hydrogen-bond donors (Lipinski definition) is 1. The van der Waals surface area contributed by atoms with Gasteiger partial charge in [-0.3, -0.25) is 0 Å². The summed E-state index contributed by atoms with van der Waals surface area (Å²) in [5, 5.41) is 8.53. The normalized spacial score (nSPS) is 19.8. The number of benzene rings is 1. The molecule has 1 N–H and O–H groups in total. The molecule has 1 saturated heterocycles. The van der Waals surface area contributed by atoms with E-state index in [0.29, 0.717) is 6.08 Å². The standard InChI is InChI=1S/C15H17BF2O4/c1-14(2)15(3,4)22-16(21-14)9-7-11(17)10(12(18)8-9)5-6-13(19)20/h5-8H,1-4H3,(H,19,20). The van der Waals surface area contributed by atoms with Gasteiger partial charge in [-0.25, -0.2) is 13.6 Å². The van der Waals surface area contributed by atoms with Gasteiger partial charge >= 0.3 is 13.1 Å². The maximum Gasteiger partial charge on any atom is 0.495 e. The Hall–Kier alpha value is -1.73. The third kappa shape index (κ3) is 3.05. The molecule has 1 heterocycles. The van der Waals surface area contributed by atoms with Crippen molar-refractivity contribution >= 4 is 24.6 Å². The van der Waals surface area contributed by atoms with Crippen LogP contribution in [0.3, 0.4) is 0 Å². The molecule has 4 nitrogen and oxygen atoms in total. The van der Waals surface area contributed by atoms with Gasteiger partial charge in [-0.15, -0.1) is 0 Å². The van der Waals surface area contributed by atoms with Crippen LogP contribution in [-0.4, -0.2) is 29.4 Å². The van der Waals surface area contributed by atoms with Gasteiger partial charge in [-0.05, 0) is 51.4 Å². The number of aliphatic carboxylic acids is 1. The zero-order valence-electron chi connectivity index (χ0n) is 12.8. The van der Waals surface area contributed by atoms with Gasteiger partial charge in [0.2, 0.25) is 0 Å². The van der Waals surface area contributed by atoms with Crippen LogP contribution in [0, 0.1) is 11.6 Å². The number of hydrogen-bond acceptors (Lipinski definition) is 3. The lowest BCUT2D eigenvalue weighted by Crippen LogP contribution is -2.41. The molecule has 0 saturated carbocycles. The van der Waals surface area contributed by atoms with Crippen molar-refractivity contribution in [3.8, 4) is 0 Å². The molecular formula is C15H17BF2O4. The lowest BCUT2D eigenvalue weighted by molar-refractivity contribution is -0.131. The Kier molecular flexibility index (Phi) is 4.15. The van der Waals surface area contributed by atoms with Gasteiger partial charge in [-0.2, -0.15) is 0 Å². The van der Waals surface area contributed by atoms with E-state index in [1.165, 1.54) is 0 Å². The van der Waals surface area contributed by atoms with Crippen molar-refractivity contribution in [2.24, 2.45) is 0 Å². The first kappa shape index (κ1) is 16.6. The van der Waals surface area contributed by atoms with E-state index < -0.39 is 41.5 Å². The van der Waals surface area contributed by atoms with Gasteiger partial charge in [0.1, 0.15) is 11.6 Å². The van der Waals surface area contributed by atoms with Crippen LogP contribution in [0.2, 0.25) is 0 Å². The van der Waals surface area contributed by atoms with Crippen LogP contribution in [0.4, 0.5) is 8.78 Å².